The molecule has 0 aliphatic rings. The maximum Gasteiger partial charge on any atom is 0.223 e. The first-order valence-electron chi connectivity index (χ1n) is 5.32. The Kier molecular flexibility index (Phi) is 3.35. The van der Waals surface area contributed by atoms with E-state index in [1.165, 1.54) is 11.3 Å². The third-order valence-corrected chi connectivity index (χ3v) is 3.25. The van der Waals surface area contributed by atoms with Crippen molar-refractivity contribution in [1.29, 1.82) is 5.26 Å². The highest BCUT2D eigenvalue weighted by Gasteiger charge is 2.09. The first-order chi connectivity index (χ1) is 8.24. The highest BCUT2D eigenvalue weighted by Crippen LogP contribution is 2.28. The van der Waals surface area contributed by atoms with Crippen molar-refractivity contribution in [3.8, 4) is 16.6 Å². The fraction of sp³-hybridized carbons (Fsp3) is 0.250. The van der Waals surface area contributed by atoms with Crippen molar-refractivity contribution in [2.75, 3.05) is 11.9 Å². The van der Waals surface area contributed by atoms with Gasteiger partial charge in [0.2, 0.25) is 5.95 Å². The lowest BCUT2D eigenvalue weighted by Crippen LogP contribution is -2.03. The maximum absolute atomic E-state index is 8.82. The third-order valence-electron chi connectivity index (χ3n) is 2.26. The summed E-state index contributed by atoms with van der Waals surface area (Å²) < 4.78 is 0. The van der Waals surface area contributed by atoms with Crippen LogP contribution in [0.3, 0.4) is 0 Å². The molecule has 2 aromatic rings. The van der Waals surface area contributed by atoms with E-state index in [0.29, 0.717) is 10.8 Å². The van der Waals surface area contributed by atoms with E-state index in [4.69, 9.17) is 5.26 Å². The zero-order valence-electron chi connectivity index (χ0n) is 9.69. The molecule has 5 heteroatoms. The number of aromatic nitrogens is 2. The van der Waals surface area contributed by atoms with Crippen LogP contribution in [0.2, 0.25) is 0 Å². The van der Waals surface area contributed by atoms with Gasteiger partial charge in [0.05, 0.1) is 10.6 Å². The minimum Gasteiger partial charge on any atom is -0.354 e. The molecule has 0 amide bonds. The average Bonchev–Trinajstić information content (AvgIpc) is 2.80. The smallest absolute Gasteiger partial charge is 0.223 e. The molecule has 0 aliphatic heterocycles. The number of nitrogens with zero attached hydrogens (tertiary/aromatic N) is 3. The fourth-order valence-electron chi connectivity index (χ4n) is 1.46. The Morgan fingerprint density at radius 1 is 1.47 bits per heavy atom. The van der Waals surface area contributed by atoms with Crippen LogP contribution in [0, 0.1) is 18.3 Å². The lowest BCUT2D eigenvalue weighted by atomic mass is 10.2. The normalized spacial score (nSPS) is 9.94. The molecular weight excluding hydrogens is 232 g/mol. The fourth-order valence-corrected chi connectivity index (χ4v) is 2.32. The van der Waals surface area contributed by atoms with E-state index < -0.39 is 0 Å². The number of thiophene rings is 1. The van der Waals surface area contributed by atoms with Crippen LogP contribution >= 0.6 is 11.3 Å². The van der Waals surface area contributed by atoms with Gasteiger partial charge in [-0.2, -0.15) is 5.26 Å². The van der Waals surface area contributed by atoms with Crippen molar-refractivity contribution in [1.82, 2.24) is 9.97 Å². The summed E-state index contributed by atoms with van der Waals surface area (Å²) in [7, 11) is 0. The molecule has 2 heterocycles. The van der Waals surface area contributed by atoms with Gasteiger partial charge in [-0.1, -0.05) is 0 Å². The Bertz CT molecular complexity index is 568. The first-order valence-corrected chi connectivity index (χ1v) is 6.14. The Morgan fingerprint density at radius 2 is 2.29 bits per heavy atom. The van der Waals surface area contributed by atoms with Crippen molar-refractivity contribution < 1.29 is 0 Å². The van der Waals surface area contributed by atoms with Crippen LogP contribution in [0.15, 0.2) is 18.3 Å². The predicted octanol–water partition coefficient (Wildman–Crippen LogP) is 2.82. The van der Waals surface area contributed by atoms with Gasteiger partial charge in [-0.15, -0.1) is 11.3 Å². The minimum absolute atomic E-state index is 0.625. The van der Waals surface area contributed by atoms with Crippen LogP contribution < -0.4 is 5.32 Å². The van der Waals surface area contributed by atoms with Crippen molar-refractivity contribution in [3.63, 3.8) is 0 Å². The number of hydrogen-bond acceptors (Lipinski definition) is 5. The highest BCUT2D eigenvalue weighted by atomic mass is 32.1. The van der Waals surface area contributed by atoms with E-state index in [-0.39, 0.29) is 0 Å². The van der Waals surface area contributed by atoms with Gasteiger partial charge < -0.3 is 5.32 Å². The molecule has 0 bridgehead atoms. The Hall–Kier alpha value is -1.93. The van der Waals surface area contributed by atoms with Crippen molar-refractivity contribution in [3.05, 3.63) is 28.8 Å². The van der Waals surface area contributed by atoms with Gasteiger partial charge in [-0.25, -0.2) is 9.97 Å². The second kappa shape index (κ2) is 4.93. The summed E-state index contributed by atoms with van der Waals surface area (Å²) >= 11 is 1.45. The summed E-state index contributed by atoms with van der Waals surface area (Å²) in [5.41, 5.74) is 1.90. The third kappa shape index (κ3) is 2.43. The molecule has 86 valence electrons. The zero-order valence-corrected chi connectivity index (χ0v) is 10.5. The molecule has 0 saturated heterocycles. The van der Waals surface area contributed by atoms with Crippen LogP contribution in [0.25, 0.3) is 10.6 Å². The molecule has 0 radical (unpaired) electrons. The van der Waals surface area contributed by atoms with Crippen LogP contribution in [-0.4, -0.2) is 16.5 Å². The molecule has 0 aliphatic carbocycles. The number of rotatable bonds is 3. The van der Waals surface area contributed by atoms with Crippen molar-refractivity contribution >= 4 is 17.3 Å². The van der Waals surface area contributed by atoms with Gasteiger partial charge in [-0.3, -0.25) is 0 Å². The molecule has 0 aromatic carbocycles. The molecule has 0 saturated carbocycles. The summed E-state index contributed by atoms with van der Waals surface area (Å²) in [4.78, 5) is 10.4. The van der Waals surface area contributed by atoms with E-state index in [2.05, 4.69) is 21.4 Å². The molecule has 4 nitrogen and oxygen atoms in total. The van der Waals surface area contributed by atoms with Gasteiger partial charge >= 0.3 is 0 Å². The molecule has 0 fully saturated rings. The van der Waals surface area contributed by atoms with E-state index in [1.54, 1.807) is 6.20 Å². The summed E-state index contributed by atoms with van der Waals surface area (Å²) in [6, 6.07) is 5.87. The molecular formula is C12H12N4S. The highest BCUT2D eigenvalue weighted by molar-refractivity contribution is 7.16. The molecule has 1 N–H and O–H groups in total. The van der Waals surface area contributed by atoms with Crippen molar-refractivity contribution in [2.45, 2.75) is 13.8 Å². The molecule has 2 rings (SSSR count). The maximum atomic E-state index is 8.82. The van der Waals surface area contributed by atoms with Gasteiger partial charge in [0, 0.05) is 12.7 Å². The number of nitrogens with one attached hydrogen (secondary N) is 1. The van der Waals surface area contributed by atoms with Gasteiger partial charge in [0.15, 0.2) is 0 Å². The number of hydrogen-bond donors (Lipinski definition) is 1. The van der Waals surface area contributed by atoms with Crippen LogP contribution in [-0.2, 0) is 0 Å². The molecule has 2 aromatic heterocycles. The number of aryl methyl sites for hydroxylation is 1. The number of nitriles is 1. The monoisotopic (exact) mass is 244 g/mol. The Balaban J connectivity index is 2.43. The van der Waals surface area contributed by atoms with E-state index in [0.717, 1.165) is 22.7 Å². The van der Waals surface area contributed by atoms with Gasteiger partial charge in [0.1, 0.15) is 10.9 Å². The van der Waals surface area contributed by atoms with Crippen LogP contribution in [0.5, 0.6) is 0 Å². The average molecular weight is 244 g/mol. The first kappa shape index (κ1) is 11.6. The van der Waals surface area contributed by atoms with Gasteiger partial charge in [-0.05, 0) is 31.5 Å². The van der Waals surface area contributed by atoms with Gasteiger partial charge in [0.25, 0.3) is 0 Å². The van der Waals surface area contributed by atoms with Crippen LogP contribution in [0.1, 0.15) is 17.4 Å². The SMILES string of the molecule is CCNc1ncc(C)c(-c2ccc(C#N)s2)n1. The lowest BCUT2D eigenvalue weighted by molar-refractivity contribution is 1.07. The Labute approximate surface area is 104 Å². The minimum atomic E-state index is 0.625. The summed E-state index contributed by atoms with van der Waals surface area (Å²) in [5, 5.41) is 11.9. The molecule has 0 unspecified atom stereocenters. The molecule has 0 spiro atoms. The Morgan fingerprint density at radius 3 is 2.94 bits per heavy atom. The second-order valence-corrected chi connectivity index (χ2v) is 4.62. The van der Waals surface area contributed by atoms with Crippen molar-refractivity contribution in [2.24, 2.45) is 0 Å². The quantitative estimate of drug-likeness (QED) is 0.901. The predicted molar refractivity (Wildman–Crippen MR) is 69.0 cm³/mol. The number of anilines is 1. The van der Waals surface area contributed by atoms with E-state index >= 15 is 0 Å². The topological polar surface area (TPSA) is 61.6 Å². The lowest BCUT2D eigenvalue weighted by Gasteiger charge is -2.05. The summed E-state index contributed by atoms with van der Waals surface area (Å²) in [6.07, 6.45) is 1.80. The van der Waals surface area contributed by atoms with Crippen LogP contribution in [0.4, 0.5) is 5.95 Å². The molecule has 0 atom stereocenters. The van der Waals surface area contributed by atoms with E-state index in [1.807, 2.05) is 26.0 Å². The zero-order chi connectivity index (χ0) is 12.3. The molecule has 17 heavy (non-hydrogen) atoms. The second-order valence-electron chi connectivity index (χ2n) is 3.53. The summed E-state index contributed by atoms with van der Waals surface area (Å²) in [5.74, 6) is 0.625. The largest absolute Gasteiger partial charge is 0.354 e. The summed E-state index contributed by atoms with van der Waals surface area (Å²) in [6.45, 7) is 4.76. The van der Waals surface area contributed by atoms with E-state index in [9.17, 15) is 0 Å². The standard InChI is InChI=1S/C12H12N4S/c1-3-14-12-15-7-8(2)11(16-12)10-5-4-9(6-13)17-10/h4-5,7H,3H2,1-2H3,(H,14,15,16).